The van der Waals surface area contributed by atoms with Gasteiger partial charge in [-0.25, -0.2) is 4.79 Å². The Kier molecular flexibility index (Phi) is 11.0. The van der Waals surface area contributed by atoms with E-state index in [-0.39, 0.29) is 0 Å². The number of nitrogens with one attached hydrogen (secondary N) is 1. The molecule has 2 N–H and O–H groups in total. The zero-order valence-electron chi connectivity index (χ0n) is 10.7. The molecule has 0 aromatic carbocycles. The molecule has 0 unspecified atom stereocenters. The molecule has 0 fully saturated rings. The maximum Gasteiger partial charge on any atom is 0.328 e. The highest BCUT2D eigenvalue weighted by atomic mass is 16.5. The van der Waals surface area contributed by atoms with E-state index in [0.29, 0.717) is 19.8 Å². The Morgan fingerprint density at radius 3 is 2.71 bits per heavy atom. The van der Waals surface area contributed by atoms with Gasteiger partial charge in [0.25, 0.3) is 0 Å². The first-order chi connectivity index (χ1) is 8.16. The summed E-state index contributed by atoms with van der Waals surface area (Å²) >= 11 is 0. The number of carboxylic acid groups (broad SMARTS) is 1. The Balaban J connectivity index is 3.21. The third-order valence-corrected chi connectivity index (χ3v) is 2.10. The molecule has 5 nitrogen and oxygen atoms in total. The molecular formula is C12H23NO4. The fourth-order valence-electron chi connectivity index (χ4n) is 1.25. The molecule has 0 heterocycles. The predicted octanol–water partition coefficient (Wildman–Crippen LogP) is 1.05. The standard InChI is InChI=1S/C12H23NO4/c1-11(9-12(14)15)10-13-5-3-4-6-17-8-7-16-2/h9,13H,3-8,10H2,1-2H3,(H,14,15). The molecular weight excluding hydrogens is 222 g/mol. The number of rotatable bonds is 11. The van der Waals surface area contributed by atoms with Crippen molar-refractivity contribution in [2.75, 3.05) is 40.0 Å². The van der Waals surface area contributed by atoms with E-state index in [1.165, 1.54) is 6.08 Å². The monoisotopic (exact) mass is 245 g/mol. The van der Waals surface area contributed by atoms with Crippen molar-refractivity contribution < 1.29 is 19.4 Å². The van der Waals surface area contributed by atoms with Gasteiger partial charge in [0.05, 0.1) is 13.2 Å². The Morgan fingerprint density at radius 1 is 1.29 bits per heavy atom. The molecule has 0 rings (SSSR count). The van der Waals surface area contributed by atoms with Crippen molar-refractivity contribution >= 4 is 5.97 Å². The van der Waals surface area contributed by atoms with Crippen LogP contribution < -0.4 is 5.32 Å². The van der Waals surface area contributed by atoms with Crippen LogP contribution in [-0.4, -0.2) is 51.1 Å². The topological polar surface area (TPSA) is 67.8 Å². The molecule has 0 aliphatic carbocycles. The molecule has 0 aromatic heterocycles. The number of carboxylic acids is 1. The Hall–Kier alpha value is -0.910. The van der Waals surface area contributed by atoms with Gasteiger partial charge in [-0.1, -0.05) is 5.57 Å². The van der Waals surface area contributed by atoms with E-state index in [4.69, 9.17) is 14.6 Å². The lowest BCUT2D eigenvalue weighted by Gasteiger charge is -2.05. The zero-order valence-corrected chi connectivity index (χ0v) is 10.7. The molecule has 0 aromatic rings. The number of carbonyl (C=O) groups is 1. The highest BCUT2D eigenvalue weighted by Gasteiger charge is 1.94. The molecule has 0 spiro atoms. The molecule has 0 aliphatic heterocycles. The number of aliphatic carboxylic acids is 1. The summed E-state index contributed by atoms with van der Waals surface area (Å²) in [5.74, 6) is -0.893. The summed E-state index contributed by atoms with van der Waals surface area (Å²) in [5.41, 5.74) is 0.828. The molecule has 0 amide bonds. The summed E-state index contributed by atoms with van der Waals surface area (Å²) in [6.45, 7) is 5.32. The summed E-state index contributed by atoms with van der Waals surface area (Å²) < 4.78 is 10.2. The first-order valence-electron chi connectivity index (χ1n) is 5.84. The smallest absolute Gasteiger partial charge is 0.328 e. The van der Waals surface area contributed by atoms with E-state index >= 15 is 0 Å². The van der Waals surface area contributed by atoms with E-state index in [1.807, 2.05) is 0 Å². The third kappa shape index (κ3) is 13.0. The minimum atomic E-state index is -0.893. The van der Waals surface area contributed by atoms with Crippen LogP contribution in [-0.2, 0) is 14.3 Å². The second-order valence-electron chi connectivity index (χ2n) is 3.82. The quantitative estimate of drug-likeness (QED) is 0.421. The van der Waals surface area contributed by atoms with Crippen LogP contribution in [0.5, 0.6) is 0 Å². The van der Waals surface area contributed by atoms with Crippen molar-refractivity contribution in [1.29, 1.82) is 0 Å². The fraction of sp³-hybridized carbons (Fsp3) is 0.750. The molecule has 0 atom stereocenters. The minimum absolute atomic E-state index is 0.622. The highest BCUT2D eigenvalue weighted by molar-refractivity contribution is 5.80. The van der Waals surface area contributed by atoms with Gasteiger partial charge >= 0.3 is 5.97 Å². The van der Waals surface area contributed by atoms with Crippen molar-refractivity contribution in [1.82, 2.24) is 5.32 Å². The molecule has 5 heteroatoms. The predicted molar refractivity (Wildman–Crippen MR) is 66.2 cm³/mol. The van der Waals surface area contributed by atoms with Crippen LogP contribution in [0.3, 0.4) is 0 Å². The number of hydrogen-bond donors (Lipinski definition) is 2. The second kappa shape index (κ2) is 11.6. The lowest BCUT2D eigenvalue weighted by molar-refractivity contribution is -0.131. The van der Waals surface area contributed by atoms with Gasteiger partial charge in [-0.3, -0.25) is 0 Å². The van der Waals surface area contributed by atoms with Crippen molar-refractivity contribution in [2.24, 2.45) is 0 Å². The third-order valence-electron chi connectivity index (χ3n) is 2.10. The largest absolute Gasteiger partial charge is 0.478 e. The van der Waals surface area contributed by atoms with E-state index < -0.39 is 5.97 Å². The zero-order chi connectivity index (χ0) is 12.9. The first kappa shape index (κ1) is 16.1. The molecule has 17 heavy (non-hydrogen) atoms. The molecule has 0 radical (unpaired) electrons. The fourth-order valence-corrected chi connectivity index (χ4v) is 1.25. The maximum atomic E-state index is 10.3. The number of ether oxygens (including phenoxy) is 2. The minimum Gasteiger partial charge on any atom is -0.478 e. The van der Waals surface area contributed by atoms with Crippen LogP contribution in [0.1, 0.15) is 19.8 Å². The Bertz CT molecular complexity index is 229. The van der Waals surface area contributed by atoms with Crippen LogP contribution in [0.2, 0.25) is 0 Å². The Labute approximate surface area is 103 Å². The summed E-state index contributed by atoms with van der Waals surface area (Å²) in [5, 5.41) is 11.7. The van der Waals surface area contributed by atoms with E-state index in [2.05, 4.69) is 5.32 Å². The molecule has 0 saturated carbocycles. The van der Waals surface area contributed by atoms with E-state index in [0.717, 1.165) is 31.6 Å². The van der Waals surface area contributed by atoms with E-state index in [9.17, 15) is 4.79 Å². The van der Waals surface area contributed by atoms with Crippen molar-refractivity contribution in [3.63, 3.8) is 0 Å². The van der Waals surface area contributed by atoms with Gasteiger partial charge in [-0.05, 0) is 26.3 Å². The average Bonchev–Trinajstić information content (AvgIpc) is 2.26. The highest BCUT2D eigenvalue weighted by Crippen LogP contribution is 1.92. The first-order valence-corrected chi connectivity index (χ1v) is 5.84. The van der Waals surface area contributed by atoms with Gasteiger partial charge in [0, 0.05) is 26.3 Å². The number of methoxy groups -OCH3 is 1. The maximum absolute atomic E-state index is 10.3. The number of hydrogen-bond acceptors (Lipinski definition) is 4. The van der Waals surface area contributed by atoms with Crippen LogP contribution in [0.25, 0.3) is 0 Å². The van der Waals surface area contributed by atoms with Gasteiger partial charge in [0.15, 0.2) is 0 Å². The van der Waals surface area contributed by atoms with Gasteiger partial charge in [0.1, 0.15) is 0 Å². The molecule has 0 saturated heterocycles. The second-order valence-corrected chi connectivity index (χ2v) is 3.82. The van der Waals surface area contributed by atoms with Crippen LogP contribution >= 0.6 is 0 Å². The summed E-state index contributed by atoms with van der Waals surface area (Å²) in [6.07, 6.45) is 3.24. The van der Waals surface area contributed by atoms with Crippen molar-refractivity contribution in [3.8, 4) is 0 Å². The lowest BCUT2D eigenvalue weighted by Crippen LogP contribution is -2.18. The normalized spacial score (nSPS) is 11.8. The van der Waals surface area contributed by atoms with Gasteiger partial charge in [-0.2, -0.15) is 0 Å². The van der Waals surface area contributed by atoms with Gasteiger partial charge in [0.2, 0.25) is 0 Å². The van der Waals surface area contributed by atoms with Crippen molar-refractivity contribution in [3.05, 3.63) is 11.6 Å². The van der Waals surface area contributed by atoms with E-state index in [1.54, 1.807) is 14.0 Å². The number of unbranched alkanes of at least 4 members (excludes halogenated alkanes) is 1. The molecule has 0 bridgehead atoms. The average molecular weight is 245 g/mol. The Morgan fingerprint density at radius 2 is 2.06 bits per heavy atom. The van der Waals surface area contributed by atoms with Crippen LogP contribution in [0.15, 0.2) is 11.6 Å². The van der Waals surface area contributed by atoms with Crippen LogP contribution in [0.4, 0.5) is 0 Å². The van der Waals surface area contributed by atoms with Crippen LogP contribution in [0, 0.1) is 0 Å². The SMILES string of the molecule is COCCOCCCCNCC(C)=CC(=O)O. The summed E-state index contributed by atoms with van der Waals surface area (Å²) in [6, 6.07) is 0. The summed E-state index contributed by atoms with van der Waals surface area (Å²) in [7, 11) is 1.65. The lowest BCUT2D eigenvalue weighted by atomic mass is 10.2. The van der Waals surface area contributed by atoms with Gasteiger partial charge < -0.3 is 19.9 Å². The molecule has 100 valence electrons. The van der Waals surface area contributed by atoms with Crippen molar-refractivity contribution in [2.45, 2.75) is 19.8 Å². The van der Waals surface area contributed by atoms with Gasteiger partial charge in [-0.15, -0.1) is 0 Å². The summed E-state index contributed by atoms with van der Waals surface area (Å²) in [4.78, 5) is 10.3. The molecule has 0 aliphatic rings.